The molecule has 0 aliphatic heterocycles. The summed E-state index contributed by atoms with van der Waals surface area (Å²) in [5.41, 5.74) is 7.98. The second-order valence-electron chi connectivity index (χ2n) is 3.58. The van der Waals surface area contributed by atoms with Crippen molar-refractivity contribution in [2.45, 2.75) is 0 Å². The van der Waals surface area contributed by atoms with Crippen molar-refractivity contribution in [2.75, 3.05) is 5.73 Å². The molecule has 2 aromatic heterocycles. The number of H-pyrrole nitrogens is 1. The van der Waals surface area contributed by atoms with Gasteiger partial charge in [0.15, 0.2) is 5.65 Å². The zero-order chi connectivity index (χ0) is 11.8. The third-order valence-corrected chi connectivity index (χ3v) is 2.43. The fourth-order valence-corrected chi connectivity index (χ4v) is 1.64. The monoisotopic (exact) mass is 229 g/mol. The van der Waals surface area contributed by atoms with E-state index in [2.05, 4.69) is 19.9 Å². The van der Waals surface area contributed by atoms with Gasteiger partial charge in [-0.25, -0.2) is 19.3 Å². The van der Waals surface area contributed by atoms with E-state index in [0.29, 0.717) is 28.2 Å². The number of hydrogen-bond donors (Lipinski definition) is 2. The van der Waals surface area contributed by atoms with Crippen LogP contribution >= 0.6 is 0 Å². The van der Waals surface area contributed by atoms with Crippen LogP contribution in [0, 0.1) is 5.82 Å². The molecule has 5 nitrogen and oxygen atoms in total. The molecule has 0 bridgehead atoms. The van der Waals surface area contributed by atoms with Crippen LogP contribution in [0.3, 0.4) is 0 Å². The second kappa shape index (κ2) is 3.51. The largest absolute Gasteiger partial charge is 0.398 e. The van der Waals surface area contributed by atoms with Crippen molar-refractivity contribution >= 4 is 16.9 Å². The van der Waals surface area contributed by atoms with E-state index in [1.54, 1.807) is 12.3 Å². The third-order valence-electron chi connectivity index (χ3n) is 2.43. The van der Waals surface area contributed by atoms with Crippen LogP contribution in [-0.2, 0) is 0 Å². The number of nitrogens with one attached hydrogen (secondary N) is 1. The summed E-state index contributed by atoms with van der Waals surface area (Å²) in [6.07, 6.45) is 3.04. The fourth-order valence-electron chi connectivity index (χ4n) is 1.64. The molecule has 84 valence electrons. The van der Waals surface area contributed by atoms with Gasteiger partial charge in [-0.05, 0) is 18.2 Å². The molecule has 3 N–H and O–H groups in total. The Morgan fingerprint density at radius 3 is 2.94 bits per heavy atom. The van der Waals surface area contributed by atoms with Gasteiger partial charge in [-0.2, -0.15) is 0 Å². The number of anilines is 1. The van der Waals surface area contributed by atoms with Gasteiger partial charge in [0.2, 0.25) is 0 Å². The summed E-state index contributed by atoms with van der Waals surface area (Å²) in [7, 11) is 0. The second-order valence-corrected chi connectivity index (χ2v) is 3.58. The first-order valence-electron chi connectivity index (χ1n) is 4.95. The lowest BCUT2D eigenvalue weighted by molar-refractivity contribution is 0.628. The van der Waals surface area contributed by atoms with Crippen LogP contribution < -0.4 is 5.73 Å². The highest BCUT2D eigenvalue weighted by molar-refractivity contribution is 5.79. The Balaban J connectivity index is 2.20. The summed E-state index contributed by atoms with van der Waals surface area (Å²) in [4.78, 5) is 15.2. The summed E-state index contributed by atoms with van der Waals surface area (Å²) in [5, 5.41) is 0. The van der Waals surface area contributed by atoms with Crippen LogP contribution in [0.1, 0.15) is 0 Å². The molecule has 0 saturated heterocycles. The van der Waals surface area contributed by atoms with E-state index in [9.17, 15) is 4.39 Å². The Kier molecular flexibility index (Phi) is 2.01. The summed E-state index contributed by atoms with van der Waals surface area (Å²) in [6, 6.07) is 4.18. The van der Waals surface area contributed by atoms with Gasteiger partial charge in [0.05, 0.1) is 6.20 Å². The first kappa shape index (κ1) is 9.71. The number of benzene rings is 1. The number of aromatic nitrogens is 4. The summed E-state index contributed by atoms with van der Waals surface area (Å²) in [5.74, 6) is 0.181. The van der Waals surface area contributed by atoms with E-state index >= 15 is 0 Å². The Labute approximate surface area is 95.5 Å². The normalized spacial score (nSPS) is 10.9. The Morgan fingerprint density at radius 1 is 1.29 bits per heavy atom. The zero-order valence-corrected chi connectivity index (χ0v) is 8.68. The van der Waals surface area contributed by atoms with Gasteiger partial charge in [-0.3, -0.25) is 0 Å². The van der Waals surface area contributed by atoms with Crippen LogP contribution in [0.5, 0.6) is 0 Å². The average molecular weight is 229 g/mol. The van der Waals surface area contributed by atoms with Crippen LogP contribution in [0.4, 0.5) is 10.1 Å². The lowest BCUT2D eigenvalue weighted by Gasteiger charge is -2.01. The van der Waals surface area contributed by atoms with E-state index in [4.69, 9.17) is 5.73 Å². The van der Waals surface area contributed by atoms with Gasteiger partial charge in [0.1, 0.15) is 23.5 Å². The van der Waals surface area contributed by atoms with Gasteiger partial charge in [-0.1, -0.05) is 0 Å². The van der Waals surface area contributed by atoms with Gasteiger partial charge < -0.3 is 10.7 Å². The molecular formula is C11H8FN5. The minimum Gasteiger partial charge on any atom is -0.398 e. The molecular weight excluding hydrogens is 221 g/mol. The topological polar surface area (TPSA) is 80.5 Å². The van der Waals surface area contributed by atoms with Crippen molar-refractivity contribution in [3.63, 3.8) is 0 Å². The number of halogens is 1. The van der Waals surface area contributed by atoms with Crippen LogP contribution in [0.2, 0.25) is 0 Å². The molecule has 0 amide bonds. The summed E-state index contributed by atoms with van der Waals surface area (Å²) < 4.78 is 12.9. The van der Waals surface area contributed by atoms with E-state index in [1.807, 2.05) is 0 Å². The molecule has 0 saturated carbocycles. The van der Waals surface area contributed by atoms with Crippen molar-refractivity contribution in [3.05, 3.63) is 36.5 Å². The standard InChI is InChI=1S/C11H8FN5/c12-6-1-2-7(8(13)3-6)10-16-9-4-14-5-15-11(9)17-10/h1-5H,13H2,(H,14,15,16,17). The van der Waals surface area contributed by atoms with Gasteiger partial charge in [0.25, 0.3) is 0 Å². The van der Waals surface area contributed by atoms with E-state index < -0.39 is 0 Å². The quantitative estimate of drug-likeness (QED) is 0.623. The predicted octanol–water partition coefficient (Wildman–Crippen LogP) is 1.74. The maximum absolute atomic E-state index is 12.9. The van der Waals surface area contributed by atoms with Crippen molar-refractivity contribution in [1.82, 2.24) is 19.9 Å². The molecule has 17 heavy (non-hydrogen) atoms. The lowest BCUT2D eigenvalue weighted by Crippen LogP contribution is -1.92. The highest BCUT2D eigenvalue weighted by Gasteiger charge is 2.09. The maximum Gasteiger partial charge on any atom is 0.181 e. The molecule has 0 aliphatic rings. The molecule has 3 rings (SSSR count). The SMILES string of the molecule is Nc1cc(F)ccc1-c1nc2ncncc2[nH]1. The molecule has 0 spiro atoms. The van der Waals surface area contributed by atoms with Crippen LogP contribution in [-0.4, -0.2) is 19.9 Å². The number of imidazole rings is 1. The molecule has 0 aliphatic carbocycles. The Bertz CT molecular complexity index is 658. The first-order valence-corrected chi connectivity index (χ1v) is 4.95. The summed E-state index contributed by atoms with van der Waals surface area (Å²) in [6.45, 7) is 0. The lowest BCUT2D eigenvalue weighted by atomic mass is 10.1. The van der Waals surface area contributed by atoms with Gasteiger partial charge in [-0.15, -0.1) is 0 Å². The molecule has 6 heteroatoms. The highest BCUT2D eigenvalue weighted by Crippen LogP contribution is 2.25. The van der Waals surface area contributed by atoms with Gasteiger partial charge in [0, 0.05) is 11.3 Å². The van der Waals surface area contributed by atoms with Crippen LogP contribution in [0.25, 0.3) is 22.6 Å². The average Bonchev–Trinajstić information content (AvgIpc) is 2.72. The van der Waals surface area contributed by atoms with Crippen molar-refractivity contribution in [2.24, 2.45) is 0 Å². The Hall–Kier alpha value is -2.50. The third kappa shape index (κ3) is 1.59. The molecule has 0 atom stereocenters. The Morgan fingerprint density at radius 2 is 2.18 bits per heavy atom. The van der Waals surface area contributed by atoms with Crippen molar-refractivity contribution < 1.29 is 4.39 Å². The number of fused-ring (bicyclic) bond motifs is 1. The zero-order valence-electron chi connectivity index (χ0n) is 8.68. The van der Waals surface area contributed by atoms with Gasteiger partial charge >= 0.3 is 0 Å². The maximum atomic E-state index is 12.9. The summed E-state index contributed by atoms with van der Waals surface area (Å²) >= 11 is 0. The highest BCUT2D eigenvalue weighted by atomic mass is 19.1. The predicted molar refractivity (Wildman–Crippen MR) is 61.5 cm³/mol. The van der Waals surface area contributed by atoms with Crippen molar-refractivity contribution in [3.8, 4) is 11.4 Å². The molecule has 3 aromatic rings. The molecule has 0 radical (unpaired) electrons. The fraction of sp³-hybridized carbons (Fsp3) is 0. The van der Waals surface area contributed by atoms with E-state index in [-0.39, 0.29) is 5.82 Å². The molecule has 0 unspecified atom stereocenters. The van der Waals surface area contributed by atoms with E-state index in [0.717, 1.165) is 0 Å². The smallest absolute Gasteiger partial charge is 0.181 e. The number of hydrogen-bond acceptors (Lipinski definition) is 4. The number of nitrogen functional groups attached to an aromatic ring is 1. The minimum atomic E-state index is -0.373. The molecule has 2 heterocycles. The molecule has 0 fully saturated rings. The number of nitrogens with zero attached hydrogens (tertiary/aromatic N) is 3. The minimum absolute atomic E-state index is 0.331. The molecule has 1 aromatic carbocycles. The number of nitrogens with two attached hydrogens (primary N) is 1. The number of aromatic amines is 1. The number of rotatable bonds is 1. The van der Waals surface area contributed by atoms with Crippen LogP contribution in [0.15, 0.2) is 30.7 Å². The van der Waals surface area contributed by atoms with E-state index in [1.165, 1.54) is 18.5 Å². The first-order chi connectivity index (χ1) is 8.24. The van der Waals surface area contributed by atoms with Crippen molar-refractivity contribution in [1.29, 1.82) is 0 Å².